The topological polar surface area (TPSA) is 124 Å². The number of hydrogen-bond donors (Lipinski definition) is 2. The van der Waals surface area contributed by atoms with Crippen LogP contribution in [0.15, 0.2) is 71.4 Å². The predicted octanol–water partition coefficient (Wildman–Crippen LogP) is 4.10. The van der Waals surface area contributed by atoms with Crippen molar-refractivity contribution in [2.45, 2.75) is 0 Å². The van der Waals surface area contributed by atoms with Gasteiger partial charge in [-0.2, -0.15) is 0 Å². The Morgan fingerprint density at radius 2 is 1.93 bits per heavy atom. The van der Waals surface area contributed by atoms with E-state index in [0.29, 0.717) is 22.7 Å². The Balaban J connectivity index is 1.67. The number of amides is 2. The molecule has 0 saturated heterocycles. The van der Waals surface area contributed by atoms with Gasteiger partial charge >= 0.3 is 0 Å². The number of carbonyl (C=O) groups is 2. The van der Waals surface area contributed by atoms with Crippen molar-refractivity contribution in [2.75, 3.05) is 17.7 Å². The predicted molar refractivity (Wildman–Crippen MR) is 110 cm³/mol. The number of nitro groups is 1. The highest BCUT2D eigenvalue weighted by Gasteiger charge is 2.13. The summed E-state index contributed by atoms with van der Waals surface area (Å²) in [4.78, 5) is 34.6. The first-order chi connectivity index (χ1) is 14.5. The van der Waals surface area contributed by atoms with Gasteiger partial charge in [0.25, 0.3) is 11.6 Å². The molecule has 3 rings (SSSR count). The van der Waals surface area contributed by atoms with E-state index in [1.807, 2.05) is 0 Å². The zero-order valence-electron chi connectivity index (χ0n) is 15.8. The van der Waals surface area contributed by atoms with E-state index in [1.54, 1.807) is 30.3 Å². The molecule has 3 aromatic rings. The Labute approximate surface area is 171 Å². The number of methoxy groups -OCH3 is 1. The van der Waals surface area contributed by atoms with Gasteiger partial charge in [0.15, 0.2) is 5.76 Å². The number of ether oxygens (including phenoxy) is 1. The highest BCUT2D eigenvalue weighted by Crippen LogP contribution is 2.28. The Kier molecular flexibility index (Phi) is 6.23. The van der Waals surface area contributed by atoms with E-state index in [4.69, 9.17) is 9.15 Å². The van der Waals surface area contributed by atoms with E-state index in [-0.39, 0.29) is 11.4 Å². The number of hydrogen-bond acceptors (Lipinski definition) is 6. The summed E-state index contributed by atoms with van der Waals surface area (Å²) < 4.78 is 10.3. The normalized spacial score (nSPS) is 10.6. The van der Waals surface area contributed by atoms with Crippen molar-refractivity contribution in [1.82, 2.24) is 0 Å². The first-order valence-corrected chi connectivity index (χ1v) is 8.72. The van der Waals surface area contributed by atoms with Gasteiger partial charge < -0.3 is 19.8 Å². The number of furan rings is 1. The number of nitrogens with one attached hydrogen (secondary N) is 2. The Morgan fingerprint density at radius 3 is 2.63 bits per heavy atom. The van der Waals surface area contributed by atoms with Crippen LogP contribution < -0.4 is 15.4 Å². The molecule has 0 unspecified atom stereocenters. The van der Waals surface area contributed by atoms with Crippen LogP contribution in [0.1, 0.15) is 16.1 Å². The molecule has 0 radical (unpaired) electrons. The summed E-state index contributed by atoms with van der Waals surface area (Å²) in [6, 6.07) is 13.8. The van der Waals surface area contributed by atoms with Crippen LogP contribution in [0.25, 0.3) is 6.08 Å². The van der Waals surface area contributed by atoms with Crippen LogP contribution in [0.5, 0.6) is 5.75 Å². The van der Waals surface area contributed by atoms with E-state index in [2.05, 4.69) is 10.6 Å². The van der Waals surface area contributed by atoms with E-state index in [1.165, 1.54) is 49.8 Å². The molecule has 0 saturated carbocycles. The Hall–Kier alpha value is -4.40. The van der Waals surface area contributed by atoms with Crippen LogP contribution >= 0.6 is 0 Å². The lowest BCUT2D eigenvalue weighted by molar-refractivity contribution is -0.384. The minimum Gasteiger partial charge on any atom is -0.494 e. The van der Waals surface area contributed by atoms with E-state index >= 15 is 0 Å². The molecule has 152 valence electrons. The third-order valence-electron chi connectivity index (χ3n) is 3.97. The molecule has 2 aromatic carbocycles. The third kappa shape index (κ3) is 5.10. The van der Waals surface area contributed by atoms with E-state index in [9.17, 15) is 19.7 Å². The highest BCUT2D eigenvalue weighted by atomic mass is 16.6. The second kappa shape index (κ2) is 9.20. The van der Waals surface area contributed by atoms with Gasteiger partial charge in [-0.25, -0.2) is 0 Å². The number of nitrogens with zero attached hydrogens (tertiary/aromatic N) is 1. The molecule has 1 heterocycles. The summed E-state index contributed by atoms with van der Waals surface area (Å²) in [6.07, 6.45) is 4.13. The van der Waals surface area contributed by atoms with Crippen molar-refractivity contribution < 1.29 is 23.7 Å². The van der Waals surface area contributed by atoms with Crippen molar-refractivity contribution in [3.05, 3.63) is 88.4 Å². The molecule has 0 spiro atoms. The lowest BCUT2D eigenvalue weighted by Gasteiger charge is -2.11. The van der Waals surface area contributed by atoms with Crippen LogP contribution in [0.3, 0.4) is 0 Å². The number of anilines is 2. The maximum Gasteiger partial charge on any atom is 0.291 e. The average molecular weight is 407 g/mol. The van der Waals surface area contributed by atoms with Crippen LogP contribution in [0, 0.1) is 10.1 Å². The number of nitro benzene ring substituents is 1. The number of benzene rings is 2. The second-order valence-electron chi connectivity index (χ2n) is 6.02. The van der Waals surface area contributed by atoms with Gasteiger partial charge in [0, 0.05) is 30.0 Å². The molecule has 9 nitrogen and oxygen atoms in total. The largest absolute Gasteiger partial charge is 0.494 e. The fourth-order valence-electron chi connectivity index (χ4n) is 2.56. The zero-order valence-corrected chi connectivity index (χ0v) is 15.8. The fourth-order valence-corrected chi connectivity index (χ4v) is 2.56. The standard InChI is InChI=1S/C21H17N3O6/c1-29-19-13-15(8-9-17(19)23-21(26)18-6-3-11-30-18)22-20(25)10-7-14-4-2-5-16(12-14)24(27)28/h2-13H,1H3,(H,22,25)(H,23,26)/b10-7+. The molecule has 9 heteroatoms. The van der Waals surface area contributed by atoms with E-state index < -0.39 is 16.7 Å². The summed E-state index contributed by atoms with van der Waals surface area (Å²) in [5.74, 6) is -0.373. The Morgan fingerprint density at radius 1 is 1.10 bits per heavy atom. The van der Waals surface area contributed by atoms with Crippen molar-refractivity contribution in [2.24, 2.45) is 0 Å². The molecule has 0 fully saturated rings. The number of carbonyl (C=O) groups excluding carboxylic acids is 2. The molecule has 0 aliphatic carbocycles. The summed E-state index contributed by atoms with van der Waals surface area (Å²) in [5.41, 5.74) is 1.31. The number of rotatable bonds is 7. The lowest BCUT2D eigenvalue weighted by Crippen LogP contribution is -2.12. The molecular weight excluding hydrogens is 390 g/mol. The van der Waals surface area contributed by atoms with Crippen molar-refractivity contribution in [1.29, 1.82) is 0 Å². The molecule has 0 atom stereocenters. The third-order valence-corrected chi connectivity index (χ3v) is 3.97. The summed E-state index contributed by atoms with van der Waals surface area (Å²) in [7, 11) is 1.44. The molecule has 30 heavy (non-hydrogen) atoms. The molecule has 0 bridgehead atoms. The average Bonchev–Trinajstić information content (AvgIpc) is 3.28. The molecule has 1 aromatic heterocycles. The van der Waals surface area contributed by atoms with Gasteiger partial charge in [-0.3, -0.25) is 19.7 Å². The fraction of sp³-hybridized carbons (Fsp3) is 0.0476. The minimum atomic E-state index is -0.504. The second-order valence-corrected chi connectivity index (χ2v) is 6.02. The van der Waals surface area contributed by atoms with Crippen LogP contribution in [0.2, 0.25) is 0 Å². The molecule has 2 amide bonds. The maximum absolute atomic E-state index is 12.2. The van der Waals surface area contributed by atoms with Crippen LogP contribution in [-0.2, 0) is 4.79 Å². The molecule has 0 aliphatic heterocycles. The van der Waals surface area contributed by atoms with Gasteiger partial charge in [0.1, 0.15) is 5.75 Å². The van der Waals surface area contributed by atoms with Crippen LogP contribution in [0.4, 0.5) is 17.1 Å². The van der Waals surface area contributed by atoms with Crippen molar-refractivity contribution in [3.63, 3.8) is 0 Å². The summed E-state index contributed by atoms with van der Waals surface area (Å²) in [5, 5.41) is 16.1. The smallest absolute Gasteiger partial charge is 0.291 e. The first-order valence-electron chi connectivity index (χ1n) is 8.72. The lowest BCUT2D eigenvalue weighted by atomic mass is 10.2. The van der Waals surface area contributed by atoms with Gasteiger partial charge in [0.2, 0.25) is 5.91 Å². The zero-order chi connectivity index (χ0) is 21.5. The van der Waals surface area contributed by atoms with Gasteiger partial charge in [-0.15, -0.1) is 0 Å². The number of non-ortho nitro benzene ring substituents is 1. The van der Waals surface area contributed by atoms with Crippen LogP contribution in [-0.4, -0.2) is 23.8 Å². The van der Waals surface area contributed by atoms with Gasteiger partial charge in [-0.05, 0) is 35.9 Å². The summed E-state index contributed by atoms with van der Waals surface area (Å²) >= 11 is 0. The van der Waals surface area contributed by atoms with E-state index in [0.717, 1.165) is 0 Å². The minimum absolute atomic E-state index is 0.0607. The first kappa shape index (κ1) is 20.3. The highest BCUT2D eigenvalue weighted by molar-refractivity contribution is 6.04. The monoisotopic (exact) mass is 407 g/mol. The summed E-state index contributed by atoms with van der Waals surface area (Å²) in [6.45, 7) is 0. The quantitative estimate of drug-likeness (QED) is 0.345. The van der Waals surface area contributed by atoms with Crippen molar-refractivity contribution in [3.8, 4) is 5.75 Å². The molecule has 2 N–H and O–H groups in total. The Bertz CT molecular complexity index is 1110. The maximum atomic E-state index is 12.2. The van der Waals surface area contributed by atoms with Crippen molar-refractivity contribution >= 4 is 35.0 Å². The molecule has 0 aliphatic rings. The molecular formula is C21H17N3O6. The SMILES string of the molecule is COc1cc(NC(=O)/C=C/c2cccc([N+](=O)[O-])c2)ccc1NC(=O)c1ccco1. The van der Waals surface area contributed by atoms with Gasteiger partial charge in [0.05, 0.1) is 24.0 Å². The van der Waals surface area contributed by atoms with Gasteiger partial charge in [-0.1, -0.05) is 12.1 Å².